The number of piperidine rings is 2. The van der Waals surface area contributed by atoms with Gasteiger partial charge in [-0.15, -0.1) is 0 Å². The van der Waals surface area contributed by atoms with E-state index in [1.165, 1.54) is 55.0 Å². The van der Waals surface area contributed by atoms with Gasteiger partial charge in [0.25, 0.3) is 0 Å². The second-order valence-corrected chi connectivity index (χ2v) is 7.65. The number of benzene rings is 1. The molecule has 2 aliphatic heterocycles. The Morgan fingerprint density at radius 1 is 1.09 bits per heavy atom. The summed E-state index contributed by atoms with van der Waals surface area (Å²) in [4.78, 5) is 10.0. The zero-order valence-corrected chi connectivity index (χ0v) is 14.6. The monoisotopic (exact) mass is 331 g/mol. The Bertz CT molecular complexity index is 657. The first-order valence-electron chi connectivity index (χ1n) is 8.77. The molecule has 3 heterocycles. The quantitative estimate of drug-likeness (QED) is 0.856. The third-order valence-corrected chi connectivity index (χ3v) is 6.31. The summed E-state index contributed by atoms with van der Waals surface area (Å²) < 4.78 is 6.54. The molecular formula is C18H25N3OS. The minimum absolute atomic E-state index is 0.793. The van der Waals surface area contributed by atoms with E-state index in [0.29, 0.717) is 0 Å². The molecular weight excluding hydrogens is 306 g/mol. The van der Waals surface area contributed by atoms with Crippen molar-refractivity contribution in [1.29, 1.82) is 0 Å². The molecule has 0 saturated carbocycles. The average Bonchev–Trinajstić information content (AvgIpc) is 3.05. The standard InChI is InChI=1S/C18H25N3OS/c1-22-15-5-6-16-17(13-15)23-18(19-16)21-11-7-14(8-12-21)20-9-3-2-4-10-20/h5-6,13-14H,2-4,7-12H2,1H3. The van der Waals surface area contributed by atoms with E-state index in [4.69, 9.17) is 9.72 Å². The zero-order valence-electron chi connectivity index (χ0n) is 13.8. The largest absolute Gasteiger partial charge is 0.497 e. The number of fused-ring (bicyclic) bond motifs is 1. The number of ether oxygens (including phenoxy) is 1. The van der Waals surface area contributed by atoms with Gasteiger partial charge in [-0.3, -0.25) is 0 Å². The fourth-order valence-corrected chi connectivity index (χ4v) is 4.91. The van der Waals surface area contributed by atoms with Crippen LogP contribution in [0.1, 0.15) is 32.1 Å². The Labute approximate surface area is 142 Å². The first-order valence-corrected chi connectivity index (χ1v) is 9.59. The topological polar surface area (TPSA) is 28.6 Å². The van der Waals surface area contributed by atoms with Gasteiger partial charge in [0.05, 0.1) is 17.3 Å². The Morgan fingerprint density at radius 2 is 1.87 bits per heavy atom. The van der Waals surface area contributed by atoms with Crippen molar-refractivity contribution in [1.82, 2.24) is 9.88 Å². The second kappa shape index (κ2) is 6.65. The normalized spacial score (nSPS) is 21.0. The van der Waals surface area contributed by atoms with Crippen molar-refractivity contribution in [2.75, 3.05) is 38.2 Å². The number of aromatic nitrogens is 1. The molecule has 4 rings (SSSR count). The summed E-state index contributed by atoms with van der Waals surface area (Å²) in [6.45, 7) is 4.90. The molecule has 2 saturated heterocycles. The number of hydrogen-bond donors (Lipinski definition) is 0. The predicted molar refractivity (Wildman–Crippen MR) is 96.8 cm³/mol. The van der Waals surface area contributed by atoms with E-state index in [1.807, 2.05) is 6.07 Å². The molecule has 0 N–H and O–H groups in total. The summed E-state index contributed by atoms with van der Waals surface area (Å²) in [5.74, 6) is 0.913. The molecule has 0 amide bonds. The van der Waals surface area contributed by atoms with E-state index in [9.17, 15) is 0 Å². The first kappa shape index (κ1) is 15.2. The summed E-state index contributed by atoms with van der Waals surface area (Å²) in [5.41, 5.74) is 1.09. The molecule has 0 spiro atoms. The van der Waals surface area contributed by atoms with Gasteiger partial charge >= 0.3 is 0 Å². The van der Waals surface area contributed by atoms with Crippen molar-refractivity contribution in [3.05, 3.63) is 18.2 Å². The van der Waals surface area contributed by atoms with Crippen LogP contribution >= 0.6 is 11.3 Å². The minimum atomic E-state index is 0.793. The molecule has 23 heavy (non-hydrogen) atoms. The van der Waals surface area contributed by atoms with Crippen LogP contribution in [0.4, 0.5) is 5.13 Å². The zero-order chi connectivity index (χ0) is 15.6. The van der Waals surface area contributed by atoms with E-state index in [1.54, 1.807) is 18.4 Å². The molecule has 0 aliphatic carbocycles. The number of thiazole rings is 1. The third-order valence-electron chi connectivity index (χ3n) is 5.23. The van der Waals surface area contributed by atoms with E-state index in [-0.39, 0.29) is 0 Å². The molecule has 0 atom stereocenters. The summed E-state index contributed by atoms with van der Waals surface area (Å²) in [6.07, 6.45) is 6.75. The Hall–Kier alpha value is -1.33. The van der Waals surface area contributed by atoms with Gasteiger partial charge in [0.2, 0.25) is 0 Å². The summed E-state index contributed by atoms with van der Waals surface area (Å²) >= 11 is 1.79. The molecule has 1 aromatic heterocycles. The molecule has 5 heteroatoms. The third kappa shape index (κ3) is 3.17. The predicted octanol–water partition coefficient (Wildman–Crippen LogP) is 3.76. The molecule has 0 radical (unpaired) electrons. The lowest BCUT2D eigenvalue weighted by Gasteiger charge is -2.40. The molecule has 2 aromatic rings. The summed E-state index contributed by atoms with van der Waals surface area (Å²) in [5, 5.41) is 1.17. The molecule has 0 bridgehead atoms. The lowest BCUT2D eigenvalue weighted by Crippen LogP contribution is -2.46. The van der Waals surface area contributed by atoms with Gasteiger partial charge in [-0.1, -0.05) is 17.8 Å². The maximum atomic E-state index is 5.32. The minimum Gasteiger partial charge on any atom is -0.497 e. The van der Waals surface area contributed by atoms with Gasteiger partial charge in [0.1, 0.15) is 5.75 Å². The lowest BCUT2D eigenvalue weighted by atomic mass is 10.0. The maximum Gasteiger partial charge on any atom is 0.186 e. The number of rotatable bonds is 3. The van der Waals surface area contributed by atoms with E-state index < -0.39 is 0 Å². The fraction of sp³-hybridized carbons (Fsp3) is 0.611. The van der Waals surface area contributed by atoms with Gasteiger partial charge in [0.15, 0.2) is 5.13 Å². The van der Waals surface area contributed by atoms with Crippen molar-refractivity contribution < 1.29 is 4.74 Å². The van der Waals surface area contributed by atoms with Crippen LogP contribution in [0.5, 0.6) is 5.75 Å². The van der Waals surface area contributed by atoms with Crippen LogP contribution in [0, 0.1) is 0 Å². The first-order chi connectivity index (χ1) is 11.3. The highest BCUT2D eigenvalue weighted by molar-refractivity contribution is 7.22. The smallest absolute Gasteiger partial charge is 0.186 e. The fourth-order valence-electron chi connectivity index (χ4n) is 3.86. The summed E-state index contributed by atoms with van der Waals surface area (Å²) in [7, 11) is 1.72. The molecule has 2 aliphatic rings. The van der Waals surface area contributed by atoms with Crippen LogP contribution in [0.2, 0.25) is 0 Å². The Morgan fingerprint density at radius 3 is 2.61 bits per heavy atom. The van der Waals surface area contributed by atoms with Gasteiger partial charge in [-0.25, -0.2) is 4.98 Å². The number of anilines is 1. The highest BCUT2D eigenvalue weighted by Crippen LogP contribution is 2.33. The molecule has 124 valence electrons. The van der Waals surface area contributed by atoms with E-state index in [2.05, 4.69) is 21.9 Å². The van der Waals surface area contributed by atoms with Crippen molar-refractivity contribution in [2.45, 2.75) is 38.1 Å². The highest BCUT2D eigenvalue weighted by Gasteiger charge is 2.26. The second-order valence-electron chi connectivity index (χ2n) is 6.64. The van der Waals surface area contributed by atoms with Crippen LogP contribution in [0.15, 0.2) is 18.2 Å². The SMILES string of the molecule is COc1ccc2nc(N3CCC(N4CCCCC4)CC3)sc2c1. The number of likely N-dealkylation sites (tertiary alicyclic amines) is 1. The van der Waals surface area contributed by atoms with Crippen LogP contribution in [-0.4, -0.2) is 49.2 Å². The average molecular weight is 331 g/mol. The lowest BCUT2D eigenvalue weighted by molar-refractivity contribution is 0.141. The van der Waals surface area contributed by atoms with Gasteiger partial charge in [-0.2, -0.15) is 0 Å². The molecule has 4 nitrogen and oxygen atoms in total. The summed E-state index contributed by atoms with van der Waals surface area (Å²) in [6, 6.07) is 6.95. The maximum absolute atomic E-state index is 5.32. The van der Waals surface area contributed by atoms with Crippen molar-refractivity contribution in [2.24, 2.45) is 0 Å². The highest BCUT2D eigenvalue weighted by atomic mass is 32.1. The molecule has 2 fully saturated rings. The molecule has 0 unspecified atom stereocenters. The van der Waals surface area contributed by atoms with E-state index >= 15 is 0 Å². The van der Waals surface area contributed by atoms with Crippen LogP contribution in [0.25, 0.3) is 10.2 Å². The van der Waals surface area contributed by atoms with Crippen LogP contribution in [-0.2, 0) is 0 Å². The van der Waals surface area contributed by atoms with Gasteiger partial charge in [-0.05, 0) is 57.0 Å². The molecule has 1 aromatic carbocycles. The van der Waals surface area contributed by atoms with Crippen molar-refractivity contribution in [3.63, 3.8) is 0 Å². The van der Waals surface area contributed by atoms with Crippen molar-refractivity contribution >= 4 is 26.7 Å². The number of nitrogens with zero attached hydrogens (tertiary/aromatic N) is 3. The van der Waals surface area contributed by atoms with Crippen molar-refractivity contribution in [3.8, 4) is 5.75 Å². The number of methoxy groups -OCH3 is 1. The van der Waals surface area contributed by atoms with E-state index in [0.717, 1.165) is 30.4 Å². The number of hydrogen-bond acceptors (Lipinski definition) is 5. The Balaban J connectivity index is 1.43. The van der Waals surface area contributed by atoms with Gasteiger partial charge < -0.3 is 14.5 Å². The van der Waals surface area contributed by atoms with Crippen LogP contribution < -0.4 is 9.64 Å². The van der Waals surface area contributed by atoms with Crippen LogP contribution in [0.3, 0.4) is 0 Å². The Kier molecular flexibility index (Phi) is 4.40. The van der Waals surface area contributed by atoms with Gasteiger partial charge in [0, 0.05) is 19.1 Å².